The van der Waals surface area contributed by atoms with Gasteiger partial charge in [-0.15, -0.1) is 0 Å². The SMILES string of the molecule is Cc1nn(-c2ccc(C(F)(F)F)cn2)c(C)c1CC(=O)Nc1nc2ccccc2[nH]1. The van der Waals surface area contributed by atoms with Crippen LogP contribution < -0.4 is 5.32 Å². The number of carbonyl (C=O) groups excluding carboxylic acids is 1. The number of carbonyl (C=O) groups is 1. The van der Waals surface area contributed by atoms with Crippen molar-refractivity contribution in [3.63, 3.8) is 0 Å². The van der Waals surface area contributed by atoms with Crippen LogP contribution in [-0.4, -0.2) is 30.6 Å². The molecule has 0 unspecified atom stereocenters. The number of benzene rings is 1. The van der Waals surface area contributed by atoms with Crippen LogP contribution in [0.15, 0.2) is 42.6 Å². The van der Waals surface area contributed by atoms with Gasteiger partial charge in [0.25, 0.3) is 0 Å². The highest BCUT2D eigenvalue weighted by molar-refractivity contribution is 5.92. The molecule has 4 aromatic rings. The molecule has 0 saturated carbocycles. The van der Waals surface area contributed by atoms with Crippen LogP contribution in [0.2, 0.25) is 0 Å². The monoisotopic (exact) mass is 414 g/mol. The lowest BCUT2D eigenvalue weighted by atomic mass is 10.1. The highest BCUT2D eigenvalue weighted by atomic mass is 19.4. The maximum Gasteiger partial charge on any atom is 0.417 e. The summed E-state index contributed by atoms with van der Waals surface area (Å²) < 4.78 is 39.7. The molecule has 3 aromatic heterocycles. The van der Waals surface area contributed by atoms with Crippen LogP contribution in [0.5, 0.6) is 0 Å². The average Bonchev–Trinajstić information content (AvgIpc) is 3.22. The number of anilines is 1. The van der Waals surface area contributed by atoms with E-state index in [0.717, 1.165) is 23.3 Å². The van der Waals surface area contributed by atoms with Crippen LogP contribution in [0.3, 0.4) is 0 Å². The summed E-state index contributed by atoms with van der Waals surface area (Å²) in [5.74, 6) is 0.293. The maximum absolute atomic E-state index is 12.7. The summed E-state index contributed by atoms with van der Waals surface area (Å²) in [7, 11) is 0. The van der Waals surface area contributed by atoms with Gasteiger partial charge in [-0.05, 0) is 38.1 Å². The molecular formula is C20H17F3N6O. The Morgan fingerprint density at radius 2 is 1.93 bits per heavy atom. The van der Waals surface area contributed by atoms with Gasteiger partial charge in [0.05, 0.1) is 28.7 Å². The number of nitrogens with one attached hydrogen (secondary N) is 2. The maximum atomic E-state index is 12.7. The van der Waals surface area contributed by atoms with Crippen LogP contribution in [0.4, 0.5) is 19.1 Å². The van der Waals surface area contributed by atoms with E-state index in [-0.39, 0.29) is 18.1 Å². The number of fused-ring (bicyclic) bond motifs is 1. The number of aryl methyl sites for hydroxylation is 1. The number of hydrogen-bond donors (Lipinski definition) is 2. The fourth-order valence-corrected chi connectivity index (χ4v) is 3.18. The summed E-state index contributed by atoms with van der Waals surface area (Å²) in [6.45, 7) is 3.47. The molecule has 0 aliphatic heterocycles. The summed E-state index contributed by atoms with van der Waals surface area (Å²) in [4.78, 5) is 23.7. The molecule has 0 aliphatic carbocycles. The Morgan fingerprint density at radius 1 is 1.17 bits per heavy atom. The first-order valence-electron chi connectivity index (χ1n) is 9.05. The van der Waals surface area contributed by atoms with E-state index in [0.29, 0.717) is 22.9 Å². The number of halogens is 3. The molecule has 1 amide bonds. The van der Waals surface area contributed by atoms with Crippen molar-refractivity contribution in [3.8, 4) is 5.82 Å². The first-order chi connectivity index (χ1) is 14.2. The third kappa shape index (κ3) is 3.76. The second-order valence-corrected chi connectivity index (χ2v) is 6.79. The average molecular weight is 414 g/mol. The number of para-hydroxylation sites is 2. The molecule has 0 atom stereocenters. The molecule has 10 heteroatoms. The van der Waals surface area contributed by atoms with Gasteiger partial charge in [0.2, 0.25) is 11.9 Å². The minimum atomic E-state index is -4.46. The summed E-state index contributed by atoms with van der Waals surface area (Å²) in [5, 5.41) is 7.06. The van der Waals surface area contributed by atoms with E-state index >= 15 is 0 Å². The normalized spacial score (nSPS) is 11.8. The van der Waals surface area contributed by atoms with Gasteiger partial charge in [0.1, 0.15) is 0 Å². The van der Waals surface area contributed by atoms with Crippen LogP contribution in [-0.2, 0) is 17.4 Å². The molecule has 0 fully saturated rings. The van der Waals surface area contributed by atoms with Gasteiger partial charge in [0.15, 0.2) is 5.82 Å². The number of rotatable bonds is 4. The van der Waals surface area contributed by atoms with E-state index in [4.69, 9.17) is 0 Å². The molecule has 0 bridgehead atoms. The molecule has 7 nitrogen and oxygen atoms in total. The van der Waals surface area contributed by atoms with Crippen molar-refractivity contribution in [2.45, 2.75) is 26.4 Å². The molecule has 1 aromatic carbocycles. The molecule has 0 saturated heterocycles. The van der Waals surface area contributed by atoms with E-state index in [1.165, 1.54) is 10.7 Å². The minimum absolute atomic E-state index is 0.0371. The molecule has 0 radical (unpaired) electrons. The zero-order valence-corrected chi connectivity index (χ0v) is 16.1. The predicted molar refractivity (Wildman–Crippen MR) is 104 cm³/mol. The number of pyridine rings is 1. The van der Waals surface area contributed by atoms with Crippen molar-refractivity contribution in [1.29, 1.82) is 0 Å². The zero-order valence-electron chi connectivity index (χ0n) is 16.1. The smallest absolute Gasteiger partial charge is 0.324 e. The van der Waals surface area contributed by atoms with Gasteiger partial charge in [-0.3, -0.25) is 10.1 Å². The van der Waals surface area contributed by atoms with E-state index in [1.54, 1.807) is 13.8 Å². The third-order valence-electron chi connectivity index (χ3n) is 4.72. The molecule has 0 aliphatic rings. The third-order valence-corrected chi connectivity index (χ3v) is 4.72. The molecule has 30 heavy (non-hydrogen) atoms. The number of imidazole rings is 1. The summed E-state index contributed by atoms with van der Waals surface area (Å²) in [6.07, 6.45) is -3.66. The Bertz CT molecular complexity index is 1190. The number of aromatic amines is 1. The van der Waals surface area contributed by atoms with Crippen molar-refractivity contribution >= 4 is 22.9 Å². The van der Waals surface area contributed by atoms with Crippen molar-refractivity contribution < 1.29 is 18.0 Å². The summed E-state index contributed by atoms with van der Waals surface area (Å²) in [6, 6.07) is 9.60. The van der Waals surface area contributed by atoms with E-state index < -0.39 is 11.7 Å². The number of alkyl halides is 3. The lowest BCUT2D eigenvalue weighted by molar-refractivity contribution is -0.137. The Labute approximate surface area is 169 Å². The van der Waals surface area contributed by atoms with Gasteiger partial charge in [-0.2, -0.15) is 18.3 Å². The van der Waals surface area contributed by atoms with E-state index in [1.807, 2.05) is 24.3 Å². The van der Waals surface area contributed by atoms with Crippen LogP contribution in [0.1, 0.15) is 22.5 Å². The highest BCUT2D eigenvalue weighted by Crippen LogP contribution is 2.29. The Kier molecular flexibility index (Phi) is 4.76. The molecule has 4 rings (SSSR count). The van der Waals surface area contributed by atoms with Gasteiger partial charge >= 0.3 is 6.18 Å². The molecule has 154 valence electrons. The van der Waals surface area contributed by atoms with E-state index in [9.17, 15) is 18.0 Å². The lowest BCUT2D eigenvalue weighted by Gasteiger charge is -2.08. The van der Waals surface area contributed by atoms with Gasteiger partial charge in [0, 0.05) is 17.5 Å². The number of hydrogen-bond acceptors (Lipinski definition) is 4. The molecular weight excluding hydrogens is 397 g/mol. The molecule has 0 spiro atoms. The van der Waals surface area contributed by atoms with Crippen molar-refractivity contribution in [1.82, 2.24) is 24.7 Å². The zero-order chi connectivity index (χ0) is 21.5. The Morgan fingerprint density at radius 3 is 2.60 bits per heavy atom. The van der Waals surface area contributed by atoms with Crippen molar-refractivity contribution in [3.05, 3.63) is 65.1 Å². The molecule has 2 N–H and O–H groups in total. The fraction of sp³-hybridized carbons (Fsp3) is 0.200. The van der Waals surface area contributed by atoms with E-state index in [2.05, 4.69) is 25.4 Å². The second-order valence-electron chi connectivity index (χ2n) is 6.79. The number of nitrogens with zero attached hydrogens (tertiary/aromatic N) is 4. The Balaban J connectivity index is 1.53. The second kappa shape index (κ2) is 7.29. The van der Waals surface area contributed by atoms with Gasteiger partial charge in [-0.1, -0.05) is 12.1 Å². The summed E-state index contributed by atoms with van der Waals surface area (Å²) >= 11 is 0. The fourth-order valence-electron chi connectivity index (χ4n) is 3.18. The van der Waals surface area contributed by atoms with Crippen LogP contribution >= 0.6 is 0 Å². The highest BCUT2D eigenvalue weighted by Gasteiger charge is 2.31. The quantitative estimate of drug-likeness (QED) is 0.529. The van der Waals surface area contributed by atoms with Crippen LogP contribution in [0.25, 0.3) is 16.9 Å². The van der Waals surface area contributed by atoms with Crippen molar-refractivity contribution in [2.24, 2.45) is 0 Å². The van der Waals surface area contributed by atoms with Gasteiger partial charge < -0.3 is 4.98 Å². The van der Waals surface area contributed by atoms with Crippen molar-refractivity contribution in [2.75, 3.05) is 5.32 Å². The number of amides is 1. The first-order valence-corrected chi connectivity index (χ1v) is 9.05. The topological polar surface area (TPSA) is 88.5 Å². The number of aromatic nitrogens is 5. The summed E-state index contributed by atoms with van der Waals surface area (Å²) in [5.41, 5.74) is 2.60. The first kappa shape index (κ1) is 19.6. The largest absolute Gasteiger partial charge is 0.417 e. The predicted octanol–water partition coefficient (Wildman–Crippen LogP) is 3.96. The number of H-pyrrole nitrogens is 1. The minimum Gasteiger partial charge on any atom is -0.324 e. The van der Waals surface area contributed by atoms with Crippen LogP contribution in [0, 0.1) is 13.8 Å². The molecule has 3 heterocycles. The Hall–Kier alpha value is -3.69. The standard InChI is InChI=1S/C20H17F3N6O/c1-11-14(9-18(30)27-19-25-15-5-3-4-6-16(15)26-19)12(2)29(28-11)17-8-7-13(10-24-17)20(21,22)23/h3-8,10H,9H2,1-2H3,(H2,25,26,27,30). The lowest BCUT2D eigenvalue weighted by Crippen LogP contribution is -2.16. The van der Waals surface area contributed by atoms with Gasteiger partial charge in [-0.25, -0.2) is 14.6 Å².